The number of methoxy groups -OCH3 is 1. The first-order valence-electron chi connectivity index (χ1n) is 9.59. The van der Waals surface area contributed by atoms with Crippen molar-refractivity contribution >= 4 is 58.2 Å². The first-order chi connectivity index (χ1) is 16.6. The average Bonchev–Trinajstić information content (AvgIpc) is 2.76. The summed E-state index contributed by atoms with van der Waals surface area (Å²) in [5, 5.41) is 18.5. The number of benzene rings is 3. The highest BCUT2D eigenvalue weighted by Gasteiger charge is 2.23. The van der Waals surface area contributed by atoms with Crippen molar-refractivity contribution in [3.63, 3.8) is 0 Å². The van der Waals surface area contributed by atoms with E-state index in [0.29, 0.717) is 0 Å². The van der Waals surface area contributed by atoms with Gasteiger partial charge >= 0.3 is 10.4 Å². The normalized spacial score (nSPS) is 12.9. The van der Waals surface area contributed by atoms with Crippen LogP contribution >= 0.6 is 0 Å². The lowest BCUT2D eigenvalue weighted by Crippen LogP contribution is -2.15. The fourth-order valence-electron chi connectivity index (χ4n) is 3.08. The third-order valence-electron chi connectivity index (χ3n) is 4.70. The van der Waals surface area contributed by atoms with Gasteiger partial charge in [-0.2, -0.15) is 16.8 Å². The Hall–Kier alpha value is -3.35. The van der Waals surface area contributed by atoms with E-state index in [9.17, 15) is 34.9 Å². The van der Waals surface area contributed by atoms with Crippen LogP contribution in [0.25, 0.3) is 10.8 Å². The number of rotatable bonds is 9. The van der Waals surface area contributed by atoms with Gasteiger partial charge in [0.05, 0.1) is 24.4 Å². The second-order valence-electron chi connectivity index (χ2n) is 7.13. The van der Waals surface area contributed by atoms with Gasteiger partial charge in [-0.15, -0.1) is 10.2 Å². The number of nitrogen functional groups attached to an aromatic ring is 1. The molecule has 17 heteroatoms. The van der Waals surface area contributed by atoms with Crippen molar-refractivity contribution in [3.05, 3.63) is 42.5 Å². The largest absolute Gasteiger partial charge is 0.505 e. The molecule has 0 heterocycles. The maximum absolute atomic E-state index is 12.5. The lowest BCUT2D eigenvalue weighted by Gasteiger charge is -2.10. The van der Waals surface area contributed by atoms with E-state index in [0.717, 1.165) is 18.2 Å². The summed E-state index contributed by atoms with van der Waals surface area (Å²) in [6.45, 7) is -0.864. The van der Waals surface area contributed by atoms with E-state index in [1.54, 1.807) is 0 Å². The van der Waals surface area contributed by atoms with Crippen LogP contribution < -0.4 is 10.5 Å². The molecule has 0 aliphatic carbocycles. The van der Waals surface area contributed by atoms with Gasteiger partial charge in [0.2, 0.25) is 0 Å². The zero-order chi connectivity index (χ0) is 26.9. The van der Waals surface area contributed by atoms with E-state index in [2.05, 4.69) is 14.4 Å². The molecule has 3 rings (SSSR count). The van der Waals surface area contributed by atoms with E-state index >= 15 is 0 Å². The molecule has 0 spiro atoms. The number of nitrogens with two attached hydrogens (primary N) is 1. The Labute approximate surface area is 205 Å². The molecular formula is C19H19N3O11S3. The predicted octanol–water partition coefficient (Wildman–Crippen LogP) is 2.39. The van der Waals surface area contributed by atoms with Crippen molar-refractivity contribution < 1.29 is 48.4 Å². The van der Waals surface area contributed by atoms with E-state index in [-0.39, 0.29) is 32.8 Å². The van der Waals surface area contributed by atoms with Gasteiger partial charge in [-0.25, -0.2) is 12.6 Å². The van der Waals surface area contributed by atoms with E-state index in [4.69, 9.17) is 15.0 Å². The molecule has 0 unspecified atom stereocenters. The number of azo groups is 1. The Morgan fingerprint density at radius 2 is 1.64 bits per heavy atom. The quantitative estimate of drug-likeness (QED) is 0.167. The van der Waals surface area contributed by atoms with E-state index < -0.39 is 59.0 Å². The second kappa shape index (κ2) is 9.96. The Kier molecular flexibility index (Phi) is 7.53. The molecule has 0 atom stereocenters. The topological polar surface area (TPSA) is 232 Å². The highest BCUT2D eigenvalue weighted by atomic mass is 32.3. The van der Waals surface area contributed by atoms with Gasteiger partial charge in [0.25, 0.3) is 10.1 Å². The van der Waals surface area contributed by atoms with Crippen LogP contribution in [0.5, 0.6) is 11.5 Å². The number of phenols is 1. The van der Waals surface area contributed by atoms with Crippen LogP contribution in [0.15, 0.2) is 62.5 Å². The number of hydrogen-bond acceptors (Lipinski definition) is 12. The maximum atomic E-state index is 12.5. The zero-order valence-electron chi connectivity index (χ0n) is 18.3. The minimum absolute atomic E-state index is 0.00773. The molecule has 0 saturated heterocycles. The summed E-state index contributed by atoms with van der Waals surface area (Å²) in [7, 11) is -12.6. The molecule has 5 N–H and O–H groups in total. The summed E-state index contributed by atoms with van der Waals surface area (Å²) >= 11 is 0. The summed E-state index contributed by atoms with van der Waals surface area (Å²) in [6.07, 6.45) is 0. The second-order valence-corrected chi connectivity index (χ2v) is 11.7. The van der Waals surface area contributed by atoms with Gasteiger partial charge in [-0.3, -0.25) is 9.11 Å². The van der Waals surface area contributed by atoms with E-state index in [1.165, 1.54) is 31.4 Å². The number of anilines is 1. The lowest BCUT2D eigenvalue weighted by atomic mass is 10.1. The summed E-state index contributed by atoms with van der Waals surface area (Å²) in [5.74, 6) is -1.46. The molecule has 36 heavy (non-hydrogen) atoms. The number of phenolic OH excluding ortho intramolecular Hbond substituents is 1. The van der Waals surface area contributed by atoms with Gasteiger partial charge < -0.3 is 15.6 Å². The SMILES string of the molecule is COc1ccc(S(=O)(=O)CCOS(=O)(=O)O)cc1N=Nc1c(S(=O)(=O)O)cc2cc(N)ccc2c1O. The molecule has 14 nitrogen and oxygen atoms in total. The lowest BCUT2D eigenvalue weighted by molar-refractivity contribution is 0.284. The highest BCUT2D eigenvalue weighted by molar-refractivity contribution is 7.91. The molecule has 194 valence electrons. The standard InChI is InChI=1S/C19H19N3O11S3/c1-32-16-5-3-13(34(24,25)7-6-33-36(29,30)31)10-15(16)21-22-18-17(35(26,27)28)9-11-8-12(20)2-4-14(11)19(18)23/h2-5,8-10,23H,6-7,20H2,1H3,(H,26,27,28)(H,29,30,31). The average molecular weight is 562 g/mol. The Balaban J connectivity index is 2.10. The highest BCUT2D eigenvalue weighted by Crippen LogP contribution is 2.42. The predicted molar refractivity (Wildman–Crippen MR) is 127 cm³/mol. The van der Waals surface area contributed by atoms with Crippen molar-refractivity contribution in [2.24, 2.45) is 10.2 Å². The number of fused-ring (bicyclic) bond motifs is 1. The molecular weight excluding hydrogens is 542 g/mol. The monoisotopic (exact) mass is 561 g/mol. The van der Waals surface area contributed by atoms with Crippen LogP contribution in [-0.4, -0.2) is 58.9 Å². The van der Waals surface area contributed by atoms with Gasteiger partial charge in [0.1, 0.15) is 22.0 Å². The number of ether oxygens (including phenoxy) is 1. The molecule has 0 aromatic heterocycles. The minimum Gasteiger partial charge on any atom is -0.505 e. The van der Waals surface area contributed by atoms with Gasteiger partial charge in [-0.05, 0) is 47.9 Å². The van der Waals surface area contributed by atoms with Crippen LogP contribution in [0, 0.1) is 0 Å². The minimum atomic E-state index is -4.90. The van der Waals surface area contributed by atoms with Crippen LogP contribution in [0.4, 0.5) is 17.1 Å². The number of sulfone groups is 1. The molecule has 0 saturated carbocycles. The molecule has 0 bridgehead atoms. The Morgan fingerprint density at radius 1 is 0.944 bits per heavy atom. The van der Waals surface area contributed by atoms with Crippen LogP contribution in [-0.2, 0) is 34.5 Å². The third kappa shape index (κ3) is 6.25. The van der Waals surface area contributed by atoms with Crippen molar-refractivity contribution in [2.45, 2.75) is 9.79 Å². The first-order valence-corrected chi connectivity index (χ1v) is 14.1. The van der Waals surface area contributed by atoms with Gasteiger partial charge in [-0.1, -0.05) is 0 Å². The van der Waals surface area contributed by atoms with Crippen LogP contribution in [0.2, 0.25) is 0 Å². The summed E-state index contributed by atoms with van der Waals surface area (Å²) in [6, 6.07) is 8.57. The van der Waals surface area contributed by atoms with Gasteiger partial charge in [0, 0.05) is 11.1 Å². The molecule has 3 aromatic rings. The molecule has 0 aliphatic rings. The number of nitrogens with zero attached hydrogens (tertiary/aromatic N) is 2. The first kappa shape index (κ1) is 27.2. The van der Waals surface area contributed by atoms with Crippen molar-refractivity contribution in [1.82, 2.24) is 0 Å². The maximum Gasteiger partial charge on any atom is 0.397 e. The molecule has 0 radical (unpaired) electrons. The molecule has 3 aromatic carbocycles. The Bertz CT molecular complexity index is 1680. The number of aromatic hydroxyl groups is 1. The van der Waals surface area contributed by atoms with Crippen molar-refractivity contribution in [1.29, 1.82) is 0 Å². The molecule has 0 aliphatic heterocycles. The summed E-state index contributed by atoms with van der Waals surface area (Å²) in [4.78, 5) is -1.14. The summed E-state index contributed by atoms with van der Waals surface area (Å²) < 4.78 is 97.6. The fraction of sp³-hybridized carbons (Fsp3) is 0.158. The van der Waals surface area contributed by atoms with E-state index in [1.807, 2.05) is 0 Å². The summed E-state index contributed by atoms with van der Waals surface area (Å²) in [5.41, 5.74) is 5.11. The van der Waals surface area contributed by atoms with Gasteiger partial charge in [0.15, 0.2) is 15.6 Å². The number of hydrogen-bond donors (Lipinski definition) is 4. The molecule has 0 amide bonds. The Morgan fingerprint density at radius 3 is 2.25 bits per heavy atom. The van der Waals surface area contributed by atoms with Crippen molar-refractivity contribution in [3.8, 4) is 11.5 Å². The smallest absolute Gasteiger partial charge is 0.397 e. The zero-order valence-corrected chi connectivity index (χ0v) is 20.7. The van der Waals surface area contributed by atoms with Crippen LogP contribution in [0.1, 0.15) is 0 Å². The molecule has 0 fully saturated rings. The van der Waals surface area contributed by atoms with Crippen LogP contribution in [0.3, 0.4) is 0 Å². The third-order valence-corrected chi connectivity index (χ3v) is 7.71. The fourth-order valence-corrected chi connectivity index (χ4v) is 5.24. The van der Waals surface area contributed by atoms with Crippen molar-refractivity contribution in [2.75, 3.05) is 25.2 Å².